The van der Waals surface area contributed by atoms with Crippen LogP contribution in [-0.2, 0) is 17.0 Å². The fourth-order valence-corrected chi connectivity index (χ4v) is 5.34. The van der Waals surface area contributed by atoms with Gasteiger partial charge in [-0.3, -0.25) is 9.59 Å². The lowest BCUT2D eigenvalue weighted by atomic mass is 9.92. The number of carbonyl (C=O) groups excluding carboxylic acids is 2. The highest BCUT2D eigenvalue weighted by atomic mass is 32.2. The van der Waals surface area contributed by atoms with E-state index < -0.39 is 0 Å². The van der Waals surface area contributed by atoms with Crippen LogP contribution in [-0.4, -0.2) is 16.7 Å². The van der Waals surface area contributed by atoms with Gasteiger partial charge in [0.05, 0.1) is 12.1 Å². The van der Waals surface area contributed by atoms with Gasteiger partial charge in [0, 0.05) is 16.2 Å². The standard InChI is InChI=1S/C18H22N2O2S2/c1-9-6-10(2)17(13(5)21)11(3)14(9)8-23-18-20-12(4)15(24-18)7-16(19)22/h6H,7-8H2,1-5H3,(H2,19,22). The minimum absolute atomic E-state index is 0.102. The molecule has 1 heterocycles. The maximum Gasteiger partial charge on any atom is 0.222 e. The van der Waals surface area contributed by atoms with E-state index in [0.29, 0.717) is 0 Å². The molecule has 1 amide bonds. The van der Waals surface area contributed by atoms with Gasteiger partial charge in [0.15, 0.2) is 10.1 Å². The number of aromatic nitrogens is 1. The van der Waals surface area contributed by atoms with E-state index in [2.05, 4.69) is 18.0 Å². The summed E-state index contributed by atoms with van der Waals surface area (Å²) in [6.45, 7) is 9.58. The van der Waals surface area contributed by atoms with E-state index in [-0.39, 0.29) is 18.1 Å². The second-order valence-corrected chi connectivity index (χ2v) is 8.27. The fourth-order valence-electron chi connectivity index (χ4n) is 2.91. The molecule has 1 aromatic heterocycles. The molecule has 1 aromatic carbocycles. The van der Waals surface area contributed by atoms with E-state index >= 15 is 0 Å². The second-order valence-electron chi connectivity index (χ2n) is 5.97. The van der Waals surface area contributed by atoms with Crippen molar-refractivity contribution in [1.29, 1.82) is 0 Å². The molecule has 0 aliphatic carbocycles. The third kappa shape index (κ3) is 4.05. The van der Waals surface area contributed by atoms with Gasteiger partial charge < -0.3 is 5.73 Å². The number of ketones is 1. The van der Waals surface area contributed by atoms with E-state index in [9.17, 15) is 9.59 Å². The molecule has 0 bridgehead atoms. The van der Waals surface area contributed by atoms with Crippen LogP contribution in [0, 0.1) is 27.7 Å². The van der Waals surface area contributed by atoms with Crippen LogP contribution in [0.25, 0.3) is 0 Å². The van der Waals surface area contributed by atoms with Crippen LogP contribution in [0.3, 0.4) is 0 Å². The zero-order valence-electron chi connectivity index (χ0n) is 14.6. The molecule has 0 atom stereocenters. The highest BCUT2D eigenvalue weighted by Gasteiger charge is 2.16. The largest absolute Gasteiger partial charge is 0.369 e. The molecule has 0 saturated carbocycles. The number of nitrogens with zero attached hydrogens (tertiary/aromatic N) is 1. The van der Waals surface area contributed by atoms with Gasteiger partial charge in [0.2, 0.25) is 5.91 Å². The number of carbonyl (C=O) groups is 2. The SMILES string of the molecule is CC(=O)c1c(C)cc(C)c(CSc2nc(C)c(CC(N)=O)s2)c1C. The Morgan fingerprint density at radius 3 is 2.46 bits per heavy atom. The number of amides is 1. The van der Waals surface area contributed by atoms with E-state index in [1.807, 2.05) is 20.8 Å². The van der Waals surface area contributed by atoms with E-state index in [1.54, 1.807) is 18.7 Å². The topological polar surface area (TPSA) is 73.1 Å². The minimum Gasteiger partial charge on any atom is -0.369 e. The molecule has 0 spiro atoms. The molecule has 2 aromatic rings. The molecule has 2 rings (SSSR count). The number of primary amides is 1. The Morgan fingerprint density at radius 1 is 1.21 bits per heavy atom. The molecule has 0 aliphatic rings. The summed E-state index contributed by atoms with van der Waals surface area (Å²) in [6, 6.07) is 2.07. The first-order valence-corrected chi connectivity index (χ1v) is 9.49. The summed E-state index contributed by atoms with van der Waals surface area (Å²) in [5.41, 5.74) is 11.4. The number of thioether (sulfide) groups is 1. The summed E-state index contributed by atoms with van der Waals surface area (Å²) in [7, 11) is 0. The monoisotopic (exact) mass is 362 g/mol. The Kier molecular flexibility index (Phi) is 5.83. The molecular formula is C18H22N2O2S2. The van der Waals surface area contributed by atoms with Crippen molar-refractivity contribution in [2.45, 2.75) is 51.1 Å². The number of thiazole rings is 1. The zero-order valence-corrected chi connectivity index (χ0v) is 16.3. The molecule has 0 radical (unpaired) electrons. The highest BCUT2D eigenvalue weighted by molar-refractivity contribution is 8.00. The number of hydrogen-bond acceptors (Lipinski definition) is 5. The van der Waals surface area contributed by atoms with Crippen molar-refractivity contribution in [3.8, 4) is 0 Å². The van der Waals surface area contributed by atoms with Crippen LogP contribution in [0.1, 0.15) is 50.1 Å². The number of hydrogen-bond donors (Lipinski definition) is 1. The molecule has 0 saturated heterocycles. The van der Waals surface area contributed by atoms with Gasteiger partial charge in [0.1, 0.15) is 0 Å². The molecule has 24 heavy (non-hydrogen) atoms. The second kappa shape index (κ2) is 7.49. The summed E-state index contributed by atoms with van der Waals surface area (Å²) >= 11 is 3.15. The molecule has 2 N–H and O–H groups in total. The lowest BCUT2D eigenvalue weighted by molar-refractivity contribution is -0.117. The van der Waals surface area contributed by atoms with Crippen LogP contribution in [0.5, 0.6) is 0 Å². The molecule has 0 aliphatic heterocycles. The normalized spacial score (nSPS) is 10.9. The first kappa shape index (κ1) is 18.7. The van der Waals surface area contributed by atoms with Crippen molar-refractivity contribution < 1.29 is 9.59 Å². The van der Waals surface area contributed by atoms with Crippen molar-refractivity contribution in [2.75, 3.05) is 0 Å². The summed E-state index contributed by atoms with van der Waals surface area (Å²) in [6.07, 6.45) is 0.237. The predicted molar refractivity (Wildman–Crippen MR) is 100.0 cm³/mol. The van der Waals surface area contributed by atoms with Gasteiger partial charge in [0.25, 0.3) is 0 Å². The molecule has 0 fully saturated rings. The van der Waals surface area contributed by atoms with Gasteiger partial charge in [-0.25, -0.2) is 4.98 Å². The molecule has 6 heteroatoms. The van der Waals surface area contributed by atoms with Crippen LogP contribution in [0.2, 0.25) is 0 Å². The molecule has 4 nitrogen and oxygen atoms in total. The number of rotatable bonds is 6. The maximum atomic E-state index is 11.9. The van der Waals surface area contributed by atoms with Crippen molar-refractivity contribution in [2.24, 2.45) is 5.73 Å². The van der Waals surface area contributed by atoms with Crippen LogP contribution < -0.4 is 5.73 Å². The Labute approximate surface area is 150 Å². The summed E-state index contributed by atoms with van der Waals surface area (Å²) in [4.78, 5) is 28.5. The third-order valence-electron chi connectivity index (χ3n) is 4.03. The quantitative estimate of drug-likeness (QED) is 0.625. The van der Waals surface area contributed by atoms with Gasteiger partial charge in [-0.15, -0.1) is 11.3 Å². The average Bonchev–Trinajstić information content (AvgIpc) is 2.77. The van der Waals surface area contributed by atoms with E-state index in [4.69, 9.17) is 5.73 Å². The number of Topliss-reactive ketones (excluding diaryl/α,β-unsaturated/α-hetero) is 1. The van der Waals surface area contributed by atoms with Crippen molar-refractivity contribution in [3.63, 3.8) is 0 Å². The summed E-state index contributed by atoms with van der Waals surface area (Å²) in [5, 5.41) is 0. The van der Waals surface area contributed by atoms with Gasteiger partial charge in [-0.2, -0.15) is 0 Å². The first-order chi connectivity index (χ1) is 11.2. The minimum atomic E-state index is -0.338. The number of aryl methyl sites for hydroxylation is 3. The fraction of sp³-hybridized carbons (Fsp3) is 0.389. The van der Waals surface area contributed by atoms with Crippen LogP contribution >= 0.6 is 23.1 Å². The van der Waals surface area contributed by atoms with Crippen molar-refractivity contribution in [3.05, 3.63) is 44.5 Å². The highest BCUT2D eigenvalue weighted by Crippen LogP contribution is 2.33. The lowest BCUT2D eigenvalue weighted by Crippen LogP contribution is -2.13. The molecule has 128 valence electrons. The Hall–Kier alpha value is -1.66. The van der Waals surface area contributed by atoms with Crippen molar-refractivity contribution in [1.82, 2.24) is 4.98 Å². The average molecular weight is 363 g/mol. The Balaban J connectivity index is 2.25. The van der Waals surface area contributed by atoms with Gasteiger partial charge in [-0.05, 0) is 56.9 Å². The lowest BCUT2D eigenvalue weighted by Gasteiger charge is -2.15. The number of nitrogens with two attached hydrogens (primary N) is 1. The molecular weight excluding hydrogens is 340 g/mol. The van der Waals surface area contributed by atoms with Gasteiger partial charge >= 0.3 is 0 Å². The van der Waals surface area contributed by atoms with E-state index in [1.165, 1.54) is 22.5 Å². The predicted octanol–water partition coefficient (Wildman–Crippen LogP) is 3.90. The summed E-state index contributed by atoms with van der Waals surface area (Å²) < 4.78 is 0.924. The smallest absolute Gasteiger partial charge is 0.222 e. The van der Waals surface area contributed by atoms with Crippen molar-refractivity contribution >= 4 is 34.8 Å². The zero-order chi connectivity index (χ0) is 18.0. The summed E-state index contributed by atoms with van der Waals surface area (Å²) in [5.74, 6) is 0.515. The Bertz CT molecular complexity index is 810. The molecule has 0 unspecified atom stereocenters. The van der Waals surface area contributed by atoms with Crippen LogP contribution in [0.15, 0.2) is 10.4 Å². The number of benzene rings is 1. The Morgan fingerprint density at radius 2 is 1.88 bits per heavy atom. The first-order valence-electron chi connectivity index (χ1n) is 7.68. The van der Waals surface area contributed by atoms with Crippen LogP contribution in [0.4, 0.5) is 0 Å². The third-order valence-corrected chi connectivity index (χ3v) is 6.36. The maximum absolute atomic E-state index is 11.9. The van der Waals surface area contributed by atoms with Gasteiger partial charge in [-0.1, -0.05) is 17.8 Å². The van der Waals surface area contributed by atoms with E-state index in [0.717, 1.165) is 37.4 Å².